The third-order valence-corrected chi connectivity index (χ3v) is 4.74. The summed E-state index contributed by atoms with van der Waals surface area (Å²) in [7, 11) is 1.70. The first-order valence-corrected chi connectivity index (χ1v) is 9.82. The SMILES string of the molecule is CC[C@@H](Oc1ccc(C)cc1)C(=O)N(C)Cc1nc(-c2cccc(Br)c2)no1. The van der Waals surface area contributed by atoms with Crippen molar-refractivity contribution in [1.29, 1.82) is 0 Å². The maximum atomic E-state index is 12.8. The summed E-state index contributed by atoms with van der Waals surface area (Å²) in [5.41, 5.74) is 1.98. The molecule has 1 amide bonds. The molecule has 146 valence electrons. The standard InChI is InChI=1S/C21H22BrN3O3/c1-4-18(27-17-10-8-14(2)9-11-17)21(26)25(3)13-19-23-20(24-28-19)15-6-5-7-16(22)12-15/h5-12,18H,4,13H2,1-3H3/t18-/m1/s1. The zero-order valence-corrected chi connectivity index (χ0v) is 17.6. The van der Waals surface area contributed by atoms with Crippen molar-refractivity contribution in [3.05, 3.63) is 64.5 Å². The molecule has 0 bridgehead atoms. The van der Waals surface area contributed by atoms with Crippen LogP contribution >= 0.6 is 15.9 Å². The molecule has 0 aliphatic rings. The predicted molar refractivity (Wildman–Crippen MR) is 110 cm³/mol. The first-order chi connectivity index (χ1) is 13.5. The summed E-state index contributed by atoms with van der Waals surface area (Å²) in [6, 6.07) is 15.3. The number of amides is 1. The van der Waals surface area contributed by atoms with E-state index in [1.165, 1.54) is 0 Å². The molecule has 0 N–H and O–H groups in total. The summed E-state index contributed by atoms with van der Waals surface area (Å²) in [6.45, 7) is 4.14. The van der Waals surface area contributed by atoms with Crippen LogP contribution in [0.3, 0.4) is 0 Å². The van der Waals surface area contributed by atoms with Crippen LogP contribution in [0.4, 0.5) is 0 Å². The van der Waals surface area contributed by atoms with Gasteiger partial charge < -0.3 is 14.2 Å². The number of carbonyl (C=O) groups excluding carboxylic acids is 1. The van der Waals surface area contributed by atoms with Crippen LogP contribution in [-0.2, 0) is 11.3 Å². The van der Waals surface area contributed by atoms with Gasteiger partial charge in [0.05, 0.1) is 6.54 Å². The summed E-state index contributed by atoms with van der Waals surface area (Å²) in [5, 5.41) is 4.00. The van der Waals surface area contributed by atoms with Crippen molar-refractivity contribution in [3.8, 4) is 17.1 Å². The minimum Gasteiger partial charge on any atom is -0.481 e. The molecule has 0 spiro atoms. The van der Waals surface area contributed by atoms with Gasteiger partial charge in [-0.1, -0.05) is 57.8 Å². The molecule has 0 fully saturated rings. The van der Waals surface area contributed by atoms with Gasteiger partial charge in [-0.2, -0.15) is 4.98 Å². The van der Waals surface area contributed by atoms with E-state index < -0.39 is 6.10 Å². The van der Waals surface area contributed by atoms with Gasteiger partial charge in [0.1, 0.15) is 5.75 Å². The number of hydrogen-bond acceptors (Lipinski definition) is 5. The maximum Gasteiger partial charge on any atom is 0.263 e. The van der Waals surface area contributed by atoms with Gasteiger partial charge in [0.2, 0.25) is 11.7 Å². The number of carbonyl (C=O) groups is 1. The molecule has 6 nitrogen and oxygen atoms in total. The lowest BCUT2D eigenvalue weighted by Gasteiger charge is -2.22. The highest BCUT2D eigenvalue weighted by Gasteiger charge is 2.24. The van der Waals surface area contributed by atoms with Gasteiger partial charge in [-0.3, -0.25) is 4.79 Å². The Hall–Kier alpha value is -2.67. The minimum absolute atomic E-state index is 0.134. The molecular weight excluding hydrogens is 422 g/mol. The van der Waals surface area contributed by atoms with Crippen molar-refractivity contribution in [2.45, 2.75) is 32.9 Å². The summed E-state index contributed by atoms with van der Waals surface area (Å²) >= 11 is 3.43. The van der Waals surface area contributed by atoms with E-state index >= 15 is 0 Å². The molecule has 0 saturated heterocycles. The number of likely N-dealkylation sites (N-methyl/N-ethyl adjacent to an activating group) is 1. The molecular formula is C21H22BrN3O3. The van der Waals surface area contributed by atoms with Gasteiger partial charge >= 0.3 is 0 Å². The zero-order chi connectivity index (χ0) is 20.1. The molecule has 0 radical (unpaired) electrons. The van der Waals surface area contributed by atoms with Crippen LogP contribution in [0.5, 0.6) is 5.75 Å². The van der Waals surface area contributed by atoms with Crippen molar-refractivity contribution in [1.82, 2.24) is 15.0 Å². The monoisotopic (exact) mass is 443 g/mol. The molecule has 28 heavy (non-hydrogen) atoms. The summed E-state index contributed by atoms with van der Waals surface area (Å²) < 4.78 is 12.1. The Balaban J connectivity index is 1.65. The molecule has 1 atom stereocenters. The molecule has 3 rings (SSSR count). The molecule has 1 heterocycles. The average molecular weight is 444 g/mol. The van der Waals surface area contributed by atoms with Gasteiger partial charge in [-0.05, 0) is 37.6 Å². The summed E-state index contributed by atoms with van der Waals surface area (Å²) in [6.07, 6.45) is -0.00958. The fourth-order valence-electron chi connectivity index (χ4n) is 2.68. The second-order valence-electron chi connectivity index (χ2n) is 6.54. The predicted octanol–water partition coefficient (Wildman–Crippen LogP) is 4.62. The normalized spacial score (nSPS) is 11.9. The highest BCUT2D eigenvalue weighted by molar-refractivity contribution is 9.10. The van der Waals surface area contributed by atoms with E-state index in [2.05, 4.69) is 26.1 Å². The van der Waals surface area contributed by atoms with Crippen LogP contribution in [0.25, 0.3) is 11.4 Å². The smallest absolute Gasteiger partial charge is 0.263 e. The molecule has 0 aliphatic heterocycles. The molecule has 0 unspecified atom stereocenters. The first-order valence-electron chi connectivity index (χ1n) is 9.03. The number of hydrogen-bond donors (Lipinski definition) is 0. The molecule has 0 saturated carbocycles. The van der Waals surface area contributed by atoms with E-state index in [0.717, 1.165) is 15.6 Å². The van der Waals surface area contributed by atoms with Crippen molar-refractivity contribution >= 4 is 21.8 Å². The molecule has 0 aliphatic carbocycles. The number of ether oxygens (including phenoxy) is 1. The number of nitrogens with zero attached hydrogens (tertiary/aromatic N) is 3. The van der Waals surface area contributed by atoms with Crippen LogP contribution in [0.15, 0.2) is 57.5 Å². The third kappa shape index (κ3) is 4.98. The van der Waals surface area contributed by atoms with Crippen LogP contribution < -0.4 is 4.74 Å². The minimum atomic E-state index is -0.569. The Morgan fingerprint density at radius 1 is 1.25 bits per heavy atom. The van der Waals surface area contributed by atoms with E-state index in [1.54, 1.807) is 11.9 Å². The van der Waals surface area contributed by atoms with Crippen molar-refractivity contribution < 1.29 is 14.1 Å². The topological polar surface area (TPSA) is 68.5 Å². The average Bonchev–Trinajstić information content (AvgIpc) is 3.15. The fraction of sp³-hybridized carbons (Fsp3) is 0.286. The summed E-state index contributed by atoms with van der Waals surface area (Å²) in [5.74, 6) is 1.40. The number of halogens is 1. The Morgan fingerprint density at radius 3 is 2.68 bits per heavy atom. The number of aryl methyl sites for hydroxylation is 1. The quantitative estimate of drug-likeness (QED) is 0.532. The van der Waals surface area contributed by atoms with Gasteiger partial charge in [-0.25, -0.2) is 0 Å². The van der Waals surface area contributed by atoms with E-state index in [-0.39, 0.29) is 12.5 Å². The zero-order valence-electron chi connectivity index (χ0n) is 16.1. The van der Waals surface area contributed by atoms with Crippen molar-refractivity contribution in [2.24, 2.45) is 0 Å². The van der Waals surface area contributed by atoms with Gasteiger partial charge in [0.25, 0.3) is 5.91 Å². The number of rotatable bonds is 7. The summed E-state index contributed by atoms with van der Waals surface area (Å²) in [4.78, 5) is 18.7. The van der Waals surface area contributed by atoms with Crippen molar-refractivity contribution in [3.63, 3.8) is 0 Å². The number of benzene rings is 2. The third-order valence-electron chi connectivity index (χ3n) is 4.25. The lowest BCUT2D eigenvalue weighted by atomic mass is 10.2. The van der Waals surface area contributed by atoms with Crippen molar-refractivity contribution in [2.75, 3.05) is 7.05 Å². The largest absolute Gasteiger partial charge is 0.481 e. The molecule has 7 heteroatoms. The van der Waals surface area contributed by atoms with Crippen LogP contribution in [0.2, 0.25) is 0 Å². The Labute approximate surface area is 172 Å². The van der Waals surface area contributed by atoms with E-state index in [9.17, 15) is 4.79 Å². The van der Waals surface area contributed by atoms with Crippen LogP contribution in [0, 0.1) is 6.92 Å². The second-order valence-corrected chi connectivity index (χ2v) is 7.46. The Bertz CT molecular complexity index is 940. The molecule has 3 aromatic rings. The van der Waals surface area contributed by atoms with Crippen LogP contribution in [0.1, 0.15) is 24.8 Å². The van der Waals surface area contributed by atoms with Gasteiger partial charge in [0.15, 0.2) is 6.10 Å². The highest BCUT2D eigenvalue weighted by atomic mass is 79.9. The van der Waals surface area contributed by atoms with E-state index in [1.807, 2.05) is 62.4 Å². The number of aromatic nitrogens is 2. The highest BCUT2D eigenvalue weighted by Crippen LogP contribution is 2.21. The Kier molecular flexibility index (Phi) is 6.46. The van der Waals surface area contributed by atoms with Gasteiger partial charge in [0, 0.05) is 17.1 Å². The van der Waals surface area contributed by atoms with E-state index in [4.69, 9.17) is 9.26 Å². The Morgan fingerprint density at radius 2 is 2.00 bits per heavy atom. The maximum absolute atomic E-state index is 12.8. The molecule has 2 aromatic carbocycles. The van der Waals surface area contributed by atoms with Crippen LogP contribution in [-0.4, -0.2) is 34.1 Å². The first kappa shape index (κ1) is 20.1. The lowest BCUT2D eigenvalue weighted by molar-refractivity contribution is -0.138. The van der Waals surface area contributed by atoms with Gasteiger partial charge in [-0.15, -0.1) is 0 Å². The second kappa shape index (κ2) is 9.01. The van der Waals surface area contributed by atoms with E-state index in [0.29, 0.717) is 23.9 Å². The molecule has 1 aromatic heterocycles. The lowest BCUT2D eigenvalue weighted by Crippen LogP contribution is -2.39. The fourth-order valence-corrected chi connectivity index (χ4v) is 3.08.